The van der Waals surface area contributed by atoms with Crippen molar-refractivity contribution < 1.29 is 4.74 Å². The second-order valence-corrected chi connectivity index (χ2v) is 8.24. The van der Waals surface area contributed by atoms with Crippen LogP contribution in [0.5, 0.6) is 0 Å². The first-order valence-corrected chi connectivity index (χ1v) is 10.3. The number of fused-ring (bicyclic) bond motifs is 2. The van der Waals surface area contributed by atoms with Crippen molar-refractivity contribution in [3.8, 4) is 11.1 Å². The van der Waals surface area contributed by atoms with Crippen LogP contribution in [0.25, 0.3) is 32.7 Å². The smallest absolute Gasteiger partial charge is 0.217 e. The molecule has 0 radical (unpaired) electrons. The molecule has 4 aromatic rings. The third-order valence-electron chi connectivity index (χ3n) is 5.99. The molecule has 2 heteroatoms. The van der Waals surface area contributed by atoms with Gasteiger partial charge >= 0.3 is 0 Å². The summed E-state index contributed by atoms with van der Waals surface area (Å²) in [4.78, 5) is 4.95. The molecule has 0 N–H and O–H groups in total. The minimum absolute atomic E-state index is 0.220. The van der Waals surface area contributed by atoms with E-state index in [1.54, 1.807) is 0 Å². The second kappa shape index (κ2) is 7.04. The summed E-state index contributed by atoms with van der Waals surface area (Å²) >= 11 is 0. The van der Waals surface area contributed by atoms with Crippen LogP contribution in [0.15, 0.2) is 77.8 Å². The highest BCUT2D eigenvalue weighted by atomic mass is 16.5. The van der Waals surface area contributed by atoms with Gasteiger partial charge in [-0.05, 0) is 51.6 Å². The first-order chi connectivity index (χ1) is 14.1. The van der Waals surface area contributed by atoms with Crippen molar-refractivity contribution in [2.75, 3.05) is 6.61 Å². The molecule has 5 rings (SSSR count). The number of ether oxygens (including phenoxy) is 1. The summed E-state index contributed by atoms with van der Waals surface area (Å²) in [6.07, 6.45) is 0. The van der Waals surface area contributed by atoms with Gasteiger partial charge < -0.3 is 4.74 Å². The van der Waals surface area contributed by atoms with E-state index in [-0.39, 0.29) is 6.04 Å². The monoisotopic (exact) mass is 379 g/mol. The SMILES string of the molecule is Cc1ccc2ccccc2c1-c1c(C2=N[C@@H](C(C)C)CO2)ccc2ccccc12. The lowest BCUT2D eigenvalue weighted by Crippen LogP contribution is -2.13. The molecule has 1 heterocycles. The number of hydrogen-bond acceptors (Lipinski definition) is 2. The summed E-state index contributed by atoms with van der Waals surface area (Å²) in [6, 6.07) is 26.2. The molecule has 0 saturated carbocycles. The molecule has 1 aliphatic rings. The molecule has 144 valence electrons. The zero-order valence-electron chi connectivity index (χ0n) is 17.1. The van der Waals surface area contributed by atoms with Crippen LogP contribution >= 0.6 is 0 Å². The molecule has 2 nitrogen and oxygen atoms in total. The first-order valence-electron chi connectivity index (χ1n) is 10.3. The summed E-state index contributed by atoms with van der Waals surface area (Å²) in [5.74, 6) is 1.24. The van der Waals surface area contributed by atoms with Crippen molar-refractivity contribution >= 4 is 27.4 Å². The number of hydrogen-bond donors (Lipinski definition) is 0. The van der Waals surface area contributed by atoms with Gasteiger partial charge in [0.25, 0.3) is 0 Å². The van der Waals surface area contributed by atoms with Crippen LogP contribution in [0, 0.1) is 12.8 Å². The quantitative estimate of drug-likeness (QED) is 0.385. The van der Waals surface area contributed by atoms with Crippen LogP contribution in [0.3, 0.4) is 0 Å². The Bertz CT molecular complexity index is 1250. The molecule has 0 amide bonds. The van der Waals surface area contributed by atoms with Crippen LogP contribution in [0.2, 0.25) is 0 Å². The van der Waals surface area contributed by atoms with Crippen molar-refractivity contribution in [2.24, 2.45) is 10.9 Å². The maximum absolute atomic E-state index is 6.13. The highest BCUT2D eigenvalue weighted by molar-refractivity contribution is 6.15. The molecule has 0 saturated heterocycles. The van der Waals surface area contributed by atoms with Gasteiger partial charge in [0.15, 0.2) is 0 Å². The molecule has 1 atom stereocenters. The highest BCUT2D eigenvalue weighted by Gasteiger charge is 2.26. The molecular weight excluding hydrogens is 354 g/mol. The van der Waals surface area contributed by atoms with E-state index in [0.29, 0.717) is 12.5 Å². The number of benzene rings is 4. The van der Waals surface area contributed by atoms with Crippen molar-refractivity contribution in [3.05, 3.63) is 83.9 Å². The standard InChI is InChI=1S/C27H25NO/c1-17(2)24-16-29-27(28-24)23-15-14-20-9-5-7-11-22(20)26(23)25-18(3)12-13-19-8-4-6-10-21(19)25/h4-15,17,24H,16H2,1-3H3/t24-/m1/s1. The molecule has 4 aromatic carbocycles. The van der Waals surface area contributed by atoms with E-state index in [1.807, 2.05) is 0 Å². The van der Waals surface area contributed by atoms with E-state index in [2.05, 4.69) is 93.6 Å². The third-order valence-corrected chi connectivity index (χ3v) is 5.99. The Labute approximate surface area is 171 Å². The van der Waals surface area contributed by atoms with E-state index in [4.69, 9.17) is 9.73 Å². The predicted octanol–water partition coefficient (Wildman–Crippen LogP) is 6.77. The Morgan fingerprint density at radius 3 is 2.07 bits per heavy atom. The molecule has 0 aromatic heterocycles. The number of rotatable bonds is 3. The van der Waals surface area contributed by atoms with Crippen molar-refractivity contribution in [1.29, 1.82) is 0 Å². The number of aliphatic imine (C=N–C) groups is 1. The Morgan fingerprint density at radius 1 is 0.793 bits per heavy atom. The van der Waals surface area contributed by atoms with Crippen LogP contribution in [0.4, 0.5) is 0 Å². The summed E-state index contributed by atoms with van der Waals surface area (Å²) in [6.45, 7) is 7.27. The van der Waals surface area contributed by atoms with Gasteiger partial charge in [-0.3, -0.25) is 0 Å². The van der Waals surface area contributed by atoms with Crippen LogP contribution in [-0.4, -0.2) is 18.5 Å². The van der Waals surface area contributed by atoms with E-state index in [1.165, 1.54) is 38.2 Å². The molecule has 0 spiro atoms. The fourth-order valence-corrected chi connectivity index (χ4v) is 4.31. The largest absolute Gasteiger partial charge is 0.475 e. The zero-order chi connectivity index (χ0) is 20.0. The average molecular weight is 380 g/mol. The normalized spacial score (nSPS) is 16.4. The molecule has 0 fully saturated rings. The van der Waals surface area contributed by atoms with Gasteiger partial charge in [0.2, 0.25) is 5.90 Å². The molecule has 29 heavy (non-hydrogen) atoms. The maximum Gasteiger partial charge on any atom is 0.217 e. The summed E-state index contributed by atoms with van der Waals surface area (Å²) < 4.78 is 6.13. The van der Waals surface area contributed by atoms with E-state index >= 15 is 0 Å². The Kier molecular flexibility index (Phi) is 4.35. The van der Waals surface area contributed by atoms with Crippen molar-refractivity contribution in [3.63, 3.8) is 0 Å². The second-order valence-electron chi connectivity index (χ2n) is 8.24. The summed E-state index contributed by atoms with van der Waals surface area (Å²) in [5.41, 5.74) is 4.85. The average Bonchev–Trinajstić information content (AvgIpc) is 3.24. The highest BCUT2D eigenvalue weighted by Crippen LogP contribution is 2.39. The Hall–Kier alpha value is -3.13. The minimum Gasteiger partial charge on any atom is -0.475 e. The maximum atomic E-state index is 6.13. The van der Waals surface area contributed by atoms with Gasteiger partial charge in [0.05, 0.1) is 6.04 Å². The van der Waals surface area contributed by atoms with Gasteiger partial charge in [-0.2, -0.15) is 0 Å². The van der Waals surface area contributed by atoms with Crippen molar-refractivity contribution in [2.45, 2.75) is 26.8 Å². The minimum atomic E-state index is 0.220. The third kappa shape index (κ3) is 3.00. The van der Waals surface area contributed by atoms with E-state index in [0.717, 1.165) is 11.5 Å². The molecule has 0 aliphatic carbocycles. The molecular formula is C27H25NO. The van der Waals surface area contributed by atoms with Gasteiger partial charge in [-0.15, -0.1) is 0 Å². The van der Waals surface area contributed by atoms with Gasteiger partial charge in [0.1, 0.15) is 6.61 Å². The summed E-state index contributed by atoms with van der Waals surface area (Å²) in [7, 11) is 0. The van der Waals surface area contributed by atoms with Gasteiger partial charge in [-0.25, -0.2) is 4.99 Å². The molecule has 0 unspecified atom stereocenters. The van der Waals surface area contributed by atoms with Gasteiger partial charge in [-0.1, -0.05) is 80.6 Å². The van der Waals surface area contributed by atoms with Crippen LogP contribution in [-0.2, 0) is 4.74 Å². The van der Waals surface area contributed by atoms with E-state index in [9.17, 15) is 0 Å². The fourth-order valence-electron chi connectivity index (χ4n) is 4.31. The van der Waals surface area contributed by atoms with Crippen molar-refractivity contribution in [1.82, 2.24) is 0 Å². The van der Waals surface area contributed by atoms with Crippen LogP contribution < -0.4 is 0 Å². The summed E-state index contributed by atoms with van der Waals surface area (Å²) in [5, 5.41) is 4.99. The van der Waals surface area contributed by atoms with Crippen LogP contribution in [0.1, 0.15) is 25.0 Å². The molecule has 0 bridgehead atoms. The zero-order valence-corrected chi connectivity index (χ0v) is 17.1. The molecule has 1 aliphatic heterocycles. The lowest BCUT2D eigenvalue weighted by atomic mass is 9.87. The van der Waals surface area contributed by atoms with Gasteiger partial charge in [0, 0.05) is 11.1 Å². The van der Waals surface area contributed by atoms with E-state index < -0.39 is 0 Å². The number of nitrogens with zero attached hydrogens (tertiary/aromatic N) is 1. The Balaban J connectivity index is 1.87. The number of aryl methyl sites for hydroxylation is 1. The predicted molar refractivity (Wildman–Crippen MR) is 123 cm³/mol. The Morgan fingerprint density at radius 2 is 1.41 bits per heavy atom. The topological polar surface area (TPSA) is 21.6 Å². The lowest BCUT2D eigenvalue weighted by molar-refractivity contribution is 0.292. The first kappa shape index (κ1) is 17.9. The fraction of sp³-hybridized carbons (Fsp3) is 0.222. The lowest BCUT2D eigenvalue weighted by Gasteiger charge is -2.17.